The molecule has 0 spiro atoms. The number of hydrogen-bond donors (Lipinski definition) is 1. The average Bonchev–Trinajstić information content (AvgIpc) is 2.27. The summed E-state index contributed by atoms with van der Waals surface area (Å²) in [6.45, 7) is 1.79. The molecule has 0 saturated carbocycles. The zero-order valence-corrected chi connectivity index (χ0v) is 9.75. The Labute approximate surface area is 102 Å². The number of aromatic nitrogens is 1. The number of nitrogens with zero attached hydrogens (tertiary/aromatic N) is 1. The smallest absolute Gasteiger partial charge is 0.339 e. The molecule has 0 saturated heterocycles. The lowest BCUT2D eigenvalue weighted by Gasteiger charge is -2.09. The van der Waals surface area contributed by atoms with Gasteiger partial charge in [0.05, 0.1) is 5.52 Å². The van der Waals surface area contributed by atoms with Crippen LogP contribution in [0.3, 0.4) is 0 Å². The predicted molar refractivity (Wildman–Crippen MR) is 63.0 cm³/mol. The van der Waals surface area contributed by atoms with Crippen LogP contribution in [0.15, 0.2) is 18.2 Å². The van der Waals surface area contributed by atoms with E-state index in [1.54, 1.807) is 6.92 Å². The van der Waals surface area contributed by atoms with Gasteiger partial charge in [-0.1, -0.05) is 18.5 Å². The van der Waals surface area contributed by atoms with Gasteiger partial charge in [0.15, 0.2) is 0 Å². The van der Waals surface area contributed by atoms with Crippen LogP contribution in [0.5, 0.6) is 0 Å². The molecule has 1 aromatic heterocycles. The molecule has 1 heterocycles. The van der Waals surface area contributed by atoms with Crippen molar-refractivity contribution in [3.63, 3.8) is 0 Å². The monoisotopic (exact) mass is 253 g/mol. The maximum absolute atomic E-state index is 13.2. The molecule has 0 unspecified atom stereocenters. The first-order valence-electron chi connectivity index (χ1n) is 5.05. The zero-order valence-electron chi connectivity index (χ0n) is 9.00. The van der Waals surface area contributed by atoms with Gasteiger partial charge in [0, 0.05) is 5.39 Å². The summed E-state index contributed by atoms with van der Waals surface area (Å²) < 4.78 is 13.2. The minimum atomic E-state index is -1.15. The van der Waals surface area contributed by atoms with Gasteiger partial charge in [-0.05, 0) is 30.2 Å². The number of carbonyl (C=O) groups is 1. The highest BCUT2D eigenvalue weighted by Crippen LogP contribution is 2.27. The second-order valence-corrected chi connectivity index (χ2v) is 3.93. The van der Waals surface area contributed by atoms with Gasteiger partial charge in [-0.15, -0.1) is 0 Å². The number of carboxylic acid groups (broad SMARTS) is 1. The molecule has 0 atom stereocenters. The zero-order chi connectivity index (χ0) is 12.6. The van der Waals surface area contributed by atoms with E-state index in [-0.39, 0.29) is 10.7 Å². The molecule has 0 amide bonds. The Morgan fingerprint density at radius 3 is 2.82 bits per heavy atom. The van der Waals surface area contributed by atoms with Crippen LogP contribution in [-0.4, -0.2) is 16.1 Å². The molecule has 2 rings (SSSR count). The lowest BCUT2D eigenvalue weighted by Crippen LogP contribution is -2.05. The maximum atomic E-state index is 13.2. The van der Waals surface area contributed by atoms with Crippen molar-refractivity contribution in [1.29, 1.82) is 0 Å². The Bertz CT molecular complexity index is 613. The van der Waals surface area contributed by atoms with Crippen molar-refractivity contribution in [2.45, 2.75) is 13.3 Å². The van der Waals surface area contributed by atoms with E-state index in [2.05, 4.69) is 4.98 Å². The number of carboxylic acids is 1. The fourth-order valence-corrected chi connectivity index (χ4v) is 2.14. The van der Waals surface area contributed by atoms with Crippen LogP contribution in [0.25, 0.3) is 10.9 Å². The predicted octanol–water partition coefficient (Wildman–Crippen LogP) is 3.29. The number of hydrogen-bond acceptors (Lipinski definition) is 2. The molecule has 0 aliphatic heterocycles. The summed E-state index contributed by atoms with van der Waals surface area (Å²) in [4.78, 5) is 15.1. The molecule has 1 N–H and O–H groups in total. The van der Waals surface area contributed by atoms with Crippen LogP contribution in [0.1, 0.15) is 22.8 Å². The number of rotatable bonds is 2. The maximum Gasteiger partial charge on any atom is 0.339 e. The number of benzene rings is 1. The van der Waals surface area contributed by atoms with Gasteiger partial charge >= 0.3 is 5.97 Å². The fourth-order valence-electron chi connectivity index (χ4n) is 1.85. The molecule has 0 aliphatic rings. The minimum absolute atomic E-state index is 0.0488. The van der Waals surface area contributed by atoms with Crippen molar-refractivity contribution in [3.05, 3.63) is 40.3 Å². The van der Waals surface area contributed by atoms with E-state index in [4.69, 9.17) is 16.7 Å². The SMILES string of the molecule is CCc1c(C(=O)O)c(Cl)nc2ccc(F)cc12. The normalized spacial score (nSPS) is 10.8. The van der Waals surface area contributed by atoms with Gasteiger partial charge in [-0.25, -0.2) is 14.2 Å². The summed E-state index contributed by atoms with van der Waals surface area (Å²) in [6, 6.07) is 4.04. The topological polar surface area (TPSA) is 50.2 Å². The molecular weight excluding hydrogens is 245 g/mol. The highest BCUT2D eigenvalue weighted by atomic mass is 35.5. The molecule has 0 aliphatic carbocycles. The molecular formula is C12H9ClFNO2. The van der Waals surface area contributed by atoms with Gasteiger partial charge in [-0.3, -0.25) is 0 Å². The van der Waals surface area contributed by atoms with Crippen molar-refractivity contribution in [1.82, 2.24) is 4.98 Å². The molecule has 0 fully saturated rings. The van der Waals surface area contributed by atoms with Crippen molar-refractivity contribution in [3.8, 4) is 0 Å². The second-order valence-electron chi connectivity index (χ2n) is 3.58. The van der Waals surface area contributed by atoms with E-state index in [0.29, 0.717) is 22.9 Å². The highest BCUT2D eigenvalue weighted by molar-refractivity contribution is 6.33. The lowest BCUT2D eigenvalue weighted by atomic mass is 10.0. The van der Waals surface area contributed by atoms with Crippen molar-refractivity contribution in [2.24, 2.45) is 0 Å². The Kier molecular flexibility index (Phi) is 2.98. The summed E-state index contributed by atoms with van der Waals surface area (Å²) in [5.41, 5.74) is 0.956. The number of pyridine rings is 1. The van der Waals surface area contributed by atoms with Gasteiger partial charge in [-0.2, -0.15) is 0 Å². The fraction of sp³-hybridized carbons (Fsp3) is 0.167. The van der Waals surface area contributed by atoms with Crippen LogP contribution in [-0.2, 0) is 6.42 Å². The van der Waals surface area contributed by atoms with E-state index in [1.165, 1.54) is 18.2 Å². The Hall–Kier alpha value is -1.68. The summed E-state index contributed by atoms with van der Waals surface area (Å²) in [5, 5.41) is 9.52. The Morgan fingerprint density at radius 2 is 2.24 bits per heavy atom. The van der Waals surface area contributed by atoms with Gasteiger partial charge in [0.1, 0.15) is 16.5 Å². The average molecular weight is 254 g/mol. The standard InChI is InChI=1S/C12H9ClFNO2/c1-2-7-8-5-6(14)3-4-9(8)15-11(13)10(7)12(16)17/h3-5H,2H2,1H3,(H,16,17). The van der Waals surface area contributed by atoms with E-state index in [0.717, 1.165) is 0 Å². The van der Waals surface area contributed by atoms with Crippen LogP contribution >= 0.6 is 11.6 Å². The quantitative estimate of drug-likeness (QED) is 0.836. The third kappa shape index (κ3) is 1.96. The molecule has 2 aromatic rings. The van der Waals surface area contributed by atoms with Gasteiger partial charge in [0.2, 0.25) is 0 Å². The Morgan fingerprint density at radius 1 is 1.53 bits per heavy atom. The van der Waals surface area contributed by atoms with E-state index in [9.17, 15) is 9.18 Å². The van der Waals surface area contributed by atoms with Crippen LogP contribution in [0.4, 0.5) is 4.39 Å². The first-order valence-corrected chi connectivity index (χ1v) is 5.43. The van der Waals surface area contributed by atoms with E-state index in [1.807, 2.05) is 0 Å². The third-order valence-electron chi connectivity index (χ3n) is 2.58. The second kappa shape index (κ2) is 4.30. The first-order chi connectivity index (χ1) is 8.04. The van der Waals surface area contributed by atoms with Crippen LogP contribution in [0, 0.1) is 5.82 Å². The molecule has 0 radical (unpaired) electrons. The van der Waals surface area contributed by atoms with Crippen molar-refractivity contribution in [2.75, 3.05) is 0 Å². The molecule has 5 heteroatoms. The largest absolute Gasteiger partial charge is 0.478 e. The number of aromatic carboxylic acids is 1. The summed E-state index contributed by atoms with van der Waals surface area (Å²) >= 11 is 5.84. The molecule has 3 nitrogen and oxygen atoms in total. The molecule has 1 aromatic carbocycles. The number of fused-ring (bicyclic) bond motifs is 1. The third-order valence-corrected chi connectivity index (χ3v) is 2.85. The van der Waals surface area contributed by atoms with Gasteiger partial charge in [0.25, 0.3) is 0 Å². The van der Waals surface area contributed by atoms with E-state index < -0.39 is 11.8 Å². The number of halogens is 2. The molecule has 0 bridgehead atoms. The highest BCUT2D eigenvalue weighted by Gasteiger charge is 2.18. The summed E-state index contributed by atoms with van der Waals surface area (Å²) in [6.07, 6.45) is 0.448. The van der Waals surface area contributed by atoms with E-state index >= 15 is 0 Å². The van der Waals surface area contributed by atoms with Crippen molar-refractivity contribution >= 4 is 28.5 Å². The summed E-state index contributed by atoms with van der Waals surface area (Å²) in [5.74, 6) is -1.57. The van der Waals surface area contributed by atoms with Gasteiger partial charge < -0.3 is 5.11 Å². The summed E-state index contributed by atoms with van der Waals surface area (Å²) in [7, 11) is 0. The Balaban J connectivity index is 2.92. The molecule has 17 heavy (non-hydrogen) atoms. The van der Waals surface area contributed by atoms with Crippen molar-refractivity contribution < 1.29 is 14.3 Å². The number of aryl methyl sites for hydroxylation is 1. The molecule has 88 valence electrons. The van der Waals surface area contributed by atoms with Crippen LogP contribution < -0.4 is 0 Å². The first kappa shape index (κ1) is 11.8. The van der Waals surface area contributed by atoms with Crippen LogP contribution in [0.2, 0.25) is 5.15 Å². The minimum Gasteiger partial charge on any atom is -0.478 e. The lowest BCUT2D eigenvalue weighted by molar-refractivity contribution is 0.0695.